The average molecular weight is 451 g/mol. The average Bonchev–Trinajstić information content (AvgIpc) is 3.48. The van der Waals surface area contributed by atoms with E-state index in [1.54, 1.807) is 0 Å². The van der Waals surface area contributed by atoms with Crippen LogP contribution in [-0.2, 0) is 0 Å². The molecule has 0 unspecified atom stereocenters. The smallest absolute Gasteiger partial charge is 0.138 e. The summed E-state index contributed by atoms with van der Waals surface area (Å²) in [6, 6.07) is 20.5. The molecule has 0 bridgehead atoms. The molecule has 0 saturated carbocycles. The summed E-state index contributed by atoms with van der Waals surface area (Å²) in [7, 11) is 2.18. The Morgan fingerprint density at radius 2 is 1.41 bits per heavy atom. The van der Waals surface area contributed by atoms with Gasteiger partial charge in [0.2, 0.25) is 0 Å². The van der Waals surface area contributed by atoms with Gasteiger partial charge in [0.05, 0.1) is 28.3 Å². The topological polar surface area (TPSA) is 73.1 Å². The quantitative estimate of drug-likeness (QED) is 0.367. The maximum Gasteiger partial charge on any atom is 0.138 e. The molecular formula is C27H26N6O. The summed E-state index contributed by atoms with van der Waals surface area (Å²) in [4.78, 5) is 21.4. The highest BCUT2D eigenvalue weighted by Gasteiger charge is 2.16. The minimum atomic E-state index is 0.748. The van der Waals surface area contributed by atoms with Gasteiger partial charge in [-0.15, -0.1) is 0 Å². The van der Waals surface area contributed by atoms with Crippen molar-refractivity contribution in [2.45, 2.75) is 0 Å². The Balaban J connectivity index is 1.29. The molecule has 0 aliphatic carbocycles. The van der Waals surface area contributed by atoms with Crippen LogP contribution in [0.4, 0.5) is 5.69 Å². The molecule has 1 aliphatic rings. The van der Waals surface area contributed by atoms with Crippen molar-refractivity contribution in [3.05, 3.63) is 73.5 Å². The molecule has 2 aromatic heterocycles. The van der Waals surface area contributed by atoms with Crippen LogP contribution in [0.25, 0.3) is 44.8 Å². The summed E-state index contributed by atoms with van der Waals surface area (Å²) in [6.07, 6.45) is 1.42. The fraction of sp³-hybridized carbons (Fsp3) is 0.185. The first kappa shape index (κ1) is 20.5. The van der Waals surface area contributed by atoms with Gasteiger partial charge in [0, 0.05) is 43.0 Å². The molecule has 1 aliphatic heterocycles. The van der Waals surface area contributed by atoms with E-state index in [-0.39, 0.29) is 0 Å². The number of benzene rings is 3. The van der Waals surface area contributed by atoms with Crippen molar-refractivity contribution in [2.75, 3.05) is 38.1 Å². The molecule has 34 heavy (non-hydrogen) atoms. The summed E-state index contributed by atoms with van der Waals surface area (Å²) in [5.74, 6) is 2.42. The maximum atomic E-state index is 5.31. The van der Waals surface area contributed by atoms with Gasteiger partial charge in [0.25, 0.3) is 0 Å². The SMILES string of the molecule is C=COc1ccc(-c2nc3ccc(-c4nc5ccc(N6CCN(C)CC6)cc5[nH]4)cc3[nH]2)cc1. The highest BCUT2D eigenvalue weighted by Crippen LogP contribution is 2.28. The number of nitrogens with one attached hydrogen (secondary N) is 2. The molecule has 1 saturated heterocycles. The number of imidazole rings is 2. The lowest BCUT2D eigenvalue weighted by Crippen LogP contribution is -2.44. The Morgan fingerprint density at radius 3 is 2.12 bits per heavy atom. The third-order valence-corrected chi connectivity index (χ3v) is 6.44. The molecule has 3 aromatic carbocycles. The number of hydrogen-bond donors (Lipinski definition) is 2. The molecule has 0 radical (unpaired) electrons. The van der Waals surface area contributed by atoms with Gasteiger partial charge in [-0.3, -0.25) is 0 Å². The number of aromatic nitrogens is 4. The molecule has 0 atom stereocenters. The van der Waals surface area contributed by atoms with Gasteiger partial charge < -0.3 is 24.5 Å². The minimum absolute atomic E-state index is 0.748. The van der Waals surface area contributed by atoms with Crippen molar-refractivity contribution in [1.82, 2.24) is 24.8 Å². The molecule has 0 amide bonds. The van der Waals surface area contributed by atoms with Crippen LogP contribution in [0.1, 0.15) is 0 Å². The molecular weight excluding hydrogens is 424 g/mol. The lowest BCUT2D eigenvalue weighted by atomic mass is 10.2. The Bertz CT molecular complexity index is 1470. The molecule has 2 N–H and O–H groups in total. The standard InChI is InChI=1S/C27H26N6O/c1-3-34-21-8-4-18(5-9-21)26-28-22-10-6-19(16-24(22)30-26)27-29-23-11-7-20(17-25(23)31-27)33-14-12-32(2)13-15-33/h3-11,16-17H,1,12-15H2,2H3,(H,28,30)(H,29,31). The van der Waals surface area contributed by atoms with Crippen LogP contribution in [0.15, 0.2) is 73.5 Å². The highest BCUT2D eigenvalue weighted by atomic mass is 16.5. The number of aromatic amines is 2. The van der Waals surface area contributed by atoms with E-state index >= 15 is 0 Å². The van der Waals surface area contributed by atoms with Gasteiger partial charge in [0.15, 0.2) is 0 Å². The van der Waals surface area contributed by atoms with E-state index in [1.807, 2.05) is 30.3 Å². The van der Waals surface area contributed by atoms with Crippen LogP contribution >= 0.6 is 0 Å². The summed E-state index contributed by atoms with van der Waals surface area (Å²) < 4.78 is 5.31. The summed E-state index contributed by atoms with van der Waals surface area (Å²) in [5, 5.41) is 0. The van der Waals surface area contributed by atoms with Crippen LogP contribution in [0.2, 0.25) is 0 Å². The largest absolute Gasteiger partial charge is 0.466 e. The highest BCUT2D eigenvalue weighted by molar-refractivity contribution is 5.87. The van der Waals surface area contributed by atoms with E-state index in [0.717, 1.165) is 76.8 Å². The monoisotopic (exact) mass is 450 g/mol. The van der Waals surface area contributed by atoms with Crippen molar-refractivity contribution >= 4 is 27.8 Å². The molecule has 0 spiro atoms. The Hall–Kier alpha value is -4.10. The van der Waals surface area contributed by atoms with Gasteiger partial charge in [-0.2, -0.15) is 0 Å². The summed E-state index contributed by atoms with van der Waals surface area (Å²) >= 11 is 0. The number of anilines is 1. The van der Waals surface area contributed by atoms with Crippen LogP contribution < -0.4 is 9.64 Å². The molecule has 7 heteroatoms. The third-order valence-electron chi connectivity index (χ3n) is 6.44. The third kappa shape index (κ3) is 3.80. The van der Waals surface area contributed by atoms with E-state index in [2.05, 4.69) is 63.7 Å². The van der Waals surface area contributed by atoms with Crippen LogP contribution in [0, 0.1) is 0 Å². The molecule has 6 rings (SSSR count). The second-order valence-electron chi connectivity index (χ2n) is 8.70. The first-order valence-corrected chi connectivity index (χ1v) is 11.5. The zero-order valence-corrected chi connectivity index (χ0v) is 19.1. The first-order chi connectivity index (χ1) is 16.7. The molecule has 170 valence electrons. The van der Waals surface area contributed by atoms with Crippen molar-refractivity contribution in [1.29, 1.82) is 0 Å². The number of rotatable bonds is 5. The lowest BCUT2D eigenvalue weighted by molar-refractivity contribution is 0.313. The minimum Gasteiger partial charge on any atom is -0.466 e. The van der Waals surface area contributed by atoms with Crippen LogP contribution in [-0.4, -0.2) is 58.1 Å². The van der Waals surface area contributed by atoms with Crippen LogP contribution in [0.5, 0.6) is 5.75 Å². The molecule has 1 fully saturated rings. The maximum absolute atomic E-state index is 5.31. The van der Waals surface area contributed by atoms with E-state index in [9.17, 15) is 0 Å². The van der Waals surface area contributed by atoms with E-state index in [4.69, 9.17) is 14.7 Å². The second kappa shape index (κ2) is 8.35. The summed E-state index contributed by atoms with van der Waals surface area (Å²) in [6.45, 7) is 7.86. The van der Waals surface area contributed by atoms with E-state index in [1.165, 1.54) is 11.9 Å². The number of likely N-dealkylation sites (N-methyl/N-ethyl adjacent to an activating group) is 1. The van der Waals surface area contributed by atoms with Crippen LogP contribution in [0.3, 0.4) is 0 Å². The molecule has 7 nitrogen and oxygen atoms in total. The fourth-order valence-electron chi connectivity index (χ4n) is 4.48. The van der Waals surface area contributed by atoms with Gasteiger partial charge >= 0.3 is 0 Å². The lowest BCUT2D eigenvalue weighted by Gasteiger charge is -2.34. The van der Waals surface area contributed by atoms with E-state index in [0.29, 0.717) is 0 Å². The Labute approximate surface area is 197 Å². The van der Waals surface area contributed by atoms with Crippen molar-refractivity contribution in [2.24, 2.45) is 0 Å². The van der Waals surface area contributed by atoms with Gasteiger partial charge in [-0.25, -0.2) is 9.97 Å². The number of hydrogen-bond acceptors (Lipinski definition) is 5. The summed E-state index contributed by atoms with van der Waals surface area (Å²) in [5.41, 5.74) is 7.17. The van der Waals surface area contributed by atoms with Crippen molar-refractivity contribution < 1.29 is 4.74 Å². The zero-order chi connectivity index (χ0) is 23.1. The first-order valence-electron chi connectivity index (χ1n) is 11.5. The number of fused-ring (bicyclic) bond motifs is 2. The number of H-pyrrole nitrogens is 2. The van der Waals surface area contributed by atoms with Gasteiger partial charge in [-0.1, -0.05) is 6.58 Å². The number of piperazine rings is 1. The fourth-order valence-corrected chi connectivity index (χ4v) is 4.48. The molecule has 5 aromatic rings. The van der Waals surface area contributed by atoms with Gasteiger partial charge in [-0.05, 0) is 67.7 Å². The van der Waals surface area contributed by atoms with Crippen molar-refractivity contribution in [3.8, 4) is 28.5 Å². The zero-order valence-electron chi connectivity index (χ0n) is 19.1. The number of ether oxygens (including phenoxy) is 1. The predicted molar refractivity (Wildman–Crippen MR) is 137 cm³/mol. The normalized spacial score (nSPS) is 14.7. The molecule has 3 heterocycles. The number of nitrogens with zero attached hydrogens (tertiary/aromatic N) is 4. The van der Waals surface area contributed by atoms with E-state index < -0.39 is 0 Å². The second-order valence-corrected chi connectivity index (χ2v) is 8.70. The van der Waals surface area contributed by atoms with Gasteiger partial charge in [0.1, 0.15) is 17.4 Å². The predicted octanol–water partition coefficient (Wildman–Crippen LogP) is 5.05. The van der Waals surface area contributed by atoms with Crippen molar-refractivity contribution in [3.63, 3.8) is 0 Å². The Kier molecular flexibility index (Phi) is 5.04. The Morgan fingerprint density at radius 1 is 0.794 bits per heavy atom.